The van der Waals surface area contributed by atoms with Crippen LogP contribution < -0.4 is 0 Å². The molecule has 0 N–H and O–H groups in total. The molecule has 12 heavy (non-hydrogen) atoms. The fourth-order valence-electron chi connectivity index (χ4n) is 0.845. The second kappa shape index (κ2) is 5.68. The Morgan fingerprint density at radius 1 is 1.75 bits per heavy atom. The van der Waals surface area contributed by atoms with E-state index in [2.05, 4.69) is 47.0 Å². The molecule has 0 radical (unpaired) electrons. The molecule has 0 fully saturated rings. The summed E-state index contributed by atoms with van der Waals surface area (Å²) in [6, 6.07) is 0. The van der Waals surface area contributed by atoms with Crippen LogP contribution in [0.3, 0.4) is 0 Å². The highest BCUT2D eigenvalue weighted by Gasteiger charge is 2.15. The summed E-state index contributed by atoms with van der Waals surface area (Å²) < 4.78 is -0.154. The van der Waals surface area contributed by atoms with E-state index in [9.17, 15) is 0 Å². The van der Waals surface area contributed by atoms with Crippen LogP contribution in [0.5, 0.6) is 0 Å². The summed E-state index contributed by atoms with van der Waals surface area (Å²) >= 11 is 4.46. The average Bonchev–Trinajstić information content (AvgIpc) is 2.00. The molecule has 0 amide bonds. The lowest BCUT2D eigenvalue weighted by molar-refractivity contribution is 0.572. The predicted octanol–water partition coefficient (Wildman–Crippen LogP) is 3.11. The maximum atomic E-state index is 4.46. The van der Waals surface area contributed by atoms with Gasteiger partial charge in [-0.1, -0.05) is 33.8 Å². The maximum absolute atomic E-state index is 4.46. The zero-order valence-corrected chi connectivity index (χ0v) is 9.85. The van der Waals surface area contributed by atoms with Crippen LogP contribution in [-0.2, 0) is 0 Å². The van der Waals surface area contributed by atoms with Gasteiger partial charge in [-0.05, 0) is 25.7 Å². The predicted molar refractivity (Wildman–Crippen MR) is 63.5 cm³/mol. The molecule has 0 rings (SSSR count). The molecule has 0 aromatic carbocycles. The van der Waals surface area contributed by atoms with Crippen LogP contribution in [0.25, 0.3) is 0 Å². The molecular formula is C10H17PS. The van der Waals surface area contributed by atoms with E-state index in [1.807, 2.05) is 13.0 Å². The standard InChI is InChI=1S/C10H17PS/c1-4-9(2)5-6-10(3,12)7-8-11/h4,9,12H,1,5-6,11H2,2-3H3. The molecule has 0 aromatic rings. The lowest BCUT2D eigenvalue weighted by Crippen LogP contribution is -2.14. The smallest absolute Gasteiger partial charge is 0.0711 e. The van der Waals surface area contributed by atoms with Gasteiger partial charge in [-0.2, -0.15) is 12.6 Å². The van der Waals surface area contributed by atoms with Gasteiger partial charge in [0.25, 0.3) is 0 Å². The second-order valence-electron chi connectivity index (χ2n) is 3.29. The Morgan fingerprint density at radius 2 is 2.33 bits per heavy atom. The van der Waals surface area contributed by atoms with Gasteiger partial charge in [0.05, 0.1) is 4.75 Å². The molecule has 0 nitrogen and oxygen atoms in total. The first kappa shape index (κ1) is 12.1. The minimum atomic E-state index is -0.154. The summed E-state index contributed by atoms with van der Waals surface area (Å²) in [5.41, 5.74) is 2.81. The van der Waals surface area contributed by atoms with Gasteiger partial charge >= 0.3 is 0 Å². The third-order valence-electron chi connectivity index (χ3n) is 1.83. The maximum Gasteiger partial charge on any atom is 0.0711 e. The molecule has 0 aliphatic heterocycles. The molecule has 0 heterocycles. The largest absolute Gasteiger partial charge is 0.160 e. The molecule has 0 aliphatic rings. The Kier molecular flexibility index (Phi) is 5.72. The summed E-state index contributed by atoms with van der Waals surface area (Å²) in [7, 11) is 2.40. The van der Waals surface area contributed by atoms with E-state index >= 15 is 0 Å². The van der Waals surface area contributed by atoms with Crippen LogP contribution in [0.2, 0.25) is 0 Å². The SMILES string of the molecule is C=CC(C)CCC(C)(S)C#CP. The summed E-state index contributed by atoms with van der Waals surface area (Å²) in [6.07, 6.45) is 4.07. The van der Waals surface area contributed by atoms with E-state index in [0.717, 1.165) is 12.8 Å². The minimum absolute atomic E-state index is 0.154. The van der Waals surface area contributed by atoms with E-state index < -0.39 is 0 Å². The average molecular weight is 200 g/mol. The normalized spacial score (nSPS) is 17.0. The third-order valence-corrected chi connectivity index (χ3v) is 2.31. The van der Waals surface area contributed by atoms with Crippen molar-refractivity contribution in [3.8, 4) is 11.6 Å². The van der Waals surface area contributed by atoms with Gasteiger partial charge in [-0.15, -0.1) is 6.58 Å². The lowest BCUT2D eigenvalue weighted by atomic mass is 9.98. The van der Waals surface area contributed by atoms with Crippen molar-refractivity contribution in [2.75, 3.05) is 0 Å². The molecule has 68 valence electrons. The molecule has 0 aliphatic carbocycles. The van der Waals surface area contributed by atoms with Gasteiger partial charge in [0.15, 0.2) is 0 Å². The Hall–Kier alpha value is 0.0800. The first-order valence-corrected chi connectivity index (χ1v) is 5.12. The fourth-order valence-corrected chi connectivity index (χ4v) is 1.48. The van der Waals surface area contributed by atoms with Crippen molar-refractivity contribution in [1.82, 2.24) is 0 Å². The molecule has 0 saturated carbocycles. The Balaban J connectivity index is 3.88. The van der Waals surface area contributed by atoms with E-state index in [1.165, 1.54) is 0 Å². The van der Waals surface area contributed by atoms with E-state index in [0.29, 0.717) is 5.92 Å². The number of hydrogen-bond acceptors (Lipinski definition) is 1. The Labute approximate surface area is 83.8 Å². The lowest BCUT2D eigenvalue weighted by Gasteiger charge is -2.17. The van der Waals surface area contributed by atoms with Crippen LogP contribution in [0.4, 0.5) is 0 Å². The van der Waals surface area contributed by atoms with Crippen LogP contribution in [0.1, 0.15) is 26.7 Å². The molecular weight excluding hydrogens is 183 g/mol. The van der Waals surface area contributed by atoms with Gasteiger partial charge in [-0.25, -0.2) is 0 Å². The first-order chi connectivity index (χ1) is 5.52. The zero-order valence-electron chi connectivity index (χ0n) is 7.80. The van der Waals surface area contributed by atoms with Crippen molar-refractivity contribution >= 4 is 21.9 Å². The molecule has 0 spiro atoms. The number of hydrogen-bond donors (Lipinski definition) is 1. The van der Waals surface area contributed by atoms with Crippen molar-refractivity contribution in [1.29, 1.82) is 0 Å². The highest BCUT2D eigenvalue weighted by atomic mass is 32.1. The highest BCUT2D eigenvalue weighted by molar-refractivity contribution is 7.82. The van der Waals surface area contributed by atoms with Crippen molar-refractivity contribution in [3.05, 3.63) is 12.7 Å². The topological polar surface area (TPSA) is 0 Å². The zero-order chi connectivity index (χ0) is 9.61. The van der Waals surface area contributed by atoms with Gasteiger partial charge in [0.1, 0.15) is 0 Å². The van der Waals surface area contributed by atoms with E-state index in [4.69, 9.17) is 0 Å². The van der Waals surface area contributed by atoms with Gasteiger partial charge in [-0.3, -0.25) is 0 Å². The fraction of sp³-hybridized carbons (Fsp3) is 0.600. The monoisotopic (exact) mass is 200 g/mol. The number of thiol groups is 1. The summed E-state index contributed by atoms with van der Waals surface area (Å²) in [5, 5.41) is 0. The number of allylic oxidation sites excluding steroid dienone is 1. The van der Waals surface area contributed by atoms with E-state index in [1.54, 1.807) is 0 Å². The summed E-state index contributed by atoms with van der Waals surface area (Å²) in [6.45, 7) is 7.94. The van der Waals surface area contributed by atoms with Crippen molar-refractivity contribution < 1.29 is 0 Å². The molecule has 2 heteroatoms. The third kappa shape index (κ3) is 5.70. The van der Waals surface area contributed by atoms with Crippen molar-refractivity contribution in [2.24, 2.45) is 5.92 Å². The molecule has 0 saturated heterocycles. The molecule has 0 aromatic heterocycles. The van der Waals surface area contributed by atoms with Gasteiger partial charge in [0, 0.05) is 0 Å². The van der Waals surface area contributed by atoms with Gasteiger partial charge in [0.2, 0.25) is 0 Å². The van der Waals surface area contributed by atoms with Crippen LogP contribution in [0.15, 0.2) is 12.7 Å². The van der Waals surface area contributed by atoms with E-state index in [-0.39, 0.29) is 4.75 Å². The van der Waals surface area contributed by atoms with Crippen LogP contribution in [0, 0.1) is 17.5 Å². The van der Waals surface area contributed by atoms with Crippen LogP contribution in [-0.4, -0.2) is 4.75 Å². The Morgan fingerprint density at radius 3 is 2.75 bits per heavy atom. The molecule has 0 bridgehead atoms. The van der Waals surface area contributed by atoms with Crippen molar-refractivity contribution in [3.63, 3.8) is 0 Å². The van der Waals surface area contributed by atoms with Crippen LogP contribution >= 0.6 is 21.9 Å². The van der Waals surface area contributed by atoms with Crippen molar-refractivity contribution in [2.45, 2.75) is 31.4 Å². The summed E-state index contributed by atoms with van der Waals surface area (Å²) in [5.74, 6) is 3.60. The number of rotatable bonds is 4. The van der Waals surface area contributed by atoms with Gasteiger partial charge < -0.3 is 0 Å². The summed E-state index contributed by atoms with van der Waals surface area (Å²) in [4.78, 5) is 0. The quantitative estimate of drug-likeness (QED) is 0.306. The molecule has 3 atom stereocenters. The Bertz CT molecular complexity index is 198. The first-order valence-electron chi connectivity index (χ1n) is 4.09. The highest BCUT2D eigenvalue weighted by Crippen LogP contribution is 2.22. The second-order valence-corrected chi connectivity index (χ2v) is 4.57. The minimum Gasteiger partial charge on any atom is -0.160 e. The molecule has 3 unspecified atom stereocenters.